The molecular formula is C12H11BrClNO3. The average molecular weight is 333 g/mol. The summed E-state index contributed by atoms with van der Waals surface area (Å²) in [6.07, 6.45) is 1.03. The maximum atomic E-state index is 11.2. The van der Waals surface area contributed by atoms with E-state index in [4.69, 9.17) is 16.7 Å². The van der Waals surface area contributed by atoms with Gasteiger partial charge < -0.3 is 15.2 Å². The smallest absolute Gasteiger partial charge is 0.352 e. The fourth-order valence-electron chi connectivity index (χ4n) is 1.96. The van der Waals surface area contributed by atoms with E-state index in [-0.39, 0.29) is 12.3 Å². The number of aromatic amines is 1. The number of aliphatic hydroxyl groups excluding tert-OH is 1. The molecule has 4 nitrogen and oxygen atoms in total. The molecule has 3 N–H and O–H groups in total. The number of fused-ring (bicyclic) bond motifs is 1. The van der Waals surface area contributed by atoms with Gasteiger partial charge in [-0.05, 0) is 40.4 Å². The molecule has 0 spiro atoms. The van der Waals surface area contributed by atoms with Crippen molar-refractivity contribution in [2.75, 3.05) is 6.61 Å². The summed E-state index contributed by atoms with van der Waals surface area (Å²) in [7, 11) is 0. The zero-order valence-corrected chi connectivity index (χ0v) is 11.7. The highest BCUT2D eigenvalue weighted by atomic mass is 79.9. The molecule has 0 saturated carbocycles. The molecule has 0 aliphatic rings. The Morgan fingerprint density at radius 2 is 2.17 bits per heavy atom. The first-order valence-electron chi connectivity index (χ1n) is 5.39. The third-order valence-electron chi connectivity index (χ3n) is 2.77. The molecule has 0 atom stereocenters. The van der Waals surface area contributed by atoms with Crippen LogP contribution in [0.25, 0.3) is 10.9 Å². The number of carbonyl (C=O) groups is 1. The molecular weight excluding hydrogens is 321 g/mol. The highest BCUT2D eigenvalue weighted by Crippen LogP contribution is 2.34. The van der Waals surface area contributed by atoms with Crippen LogP contribution in [0.3, 0.4) is 0 Å². The average Bonchev–Trinajstić information content (AvgIpc) is 2.71. The number of hydrogen-bond donors (Lipinski definition) is 3. The van der Waals surface area contributed by atoms with Gasteiger partial charge in [-0.2, -0.15) is 0 Å². The Kier molecular flexibility index (Phi) is 3.94. The molecule has 6 heteroatoms. The third kappa shape index (κ3) is 2.25. The van der Waals surface area contributed by atoms with Crippen molar-refractivity contribution in [2.24, 2.45) is 0 Å². The second-order valence-electron chi connectivity index (χ2n) is 3.89. The van der Waals surface area contributed by atoms with Gasteiger partial charge in [-0.15, -0.1) is 0 Å². The van der Waals surface area contributed by atoms with Gasteiger partial charge in [0.15, 0.2) is 0 Å². The minimum atomic E-state index is -1.01. The highest BCUT2D eigenvalue weighted by Gasteiger charge is 2.18. The van der Waals surface area contributed by atoms with Gasteiger partial charge in [0.1, 0.15) is 5.69 Å². The van der Waals surface area contributed by atoms with Crippen LogP contribution in [-0.4, -0.2) is 27.8 Å². The highest BCUT2D eigenvalue weighted by molar-refractivity contribution is 9.10. The largest absolute Gasteiger partial charge is 0.477 e. The first kappa shape index (κ1) is 13.4. The number of hydrogen-bond acceptors (Lipinski definition) is 2. The maximum absolute atomic E-state index is 11.2. The number of H-pyrrole nitrogens is 1. The molecule has 18 heavy (non-hydrogen) atoms. The van der Waals surface area contributed by atoms with Crippen LogP contribution in [0.2, 0.25) is 5.02 Å². The predicted molar refractivity (Wildman–Crippen MR) is 73.4 cm³/mol. The van der Waals surface area contributed by atoms with Gasteiger partial charge in [-0.25, -0.2) is 4.79 Å². The van der Waals surface area contributed by atoms with E-state index in [0.717, 1.165) is 5.39 Å². The number of aromatic carboxylic acids is 1. The summed E-state index contributed by atoms with van der Waals surface area (Å²) in [5, 5.41) is 19.4. The number of nitrogens with one attached hydrogen (secondary N) is 1. The predicted octanol–water partition coefficient (Wildman–Crippen LogP) is 3.21. The van der Waals surface area contributed by atoms with Gasteiger partial charge >= 0.3 is 5.97 Å². The zero-order chi connectivity index (χ0) is 13.3. The van der Waals surface area contributed by atoms with Gasteiger partial charge in [0.2, 0.25) is 0 Å². The Labute approximate surface area is 117 Å². The summed E-state index contributed by atoms with van der Waals surface area (Å²) < 4.78 is 0.652. The summed E-state index contributed by atoms with van der Waals surface area (Å²) >= 11 is 9.32. The van der Waals surface area contributed by atoms with Crippen LogP contribution in [0.1, 0.15) is 22.5 Å². The first-order valence-corrected chi connectivity index (χ1v) is 6.56. The third-order valence-corrected chi connectivity index (χ3v) is 4.14. The summed E-state index contributed by atoms with van der Waals surface area (Å²) in [6, 6.07) is 3.51. The van der Waals surface area contributed by atoms with E-state index >= 15 is 0 Å². The number of benzene rings is 1. The molecule has 0 aliphatic carbocycles. The molecule has 0 aliphatic heterocycles. The minimum Gasteiger partial charge on any atom is -0.477 e. The van der Waals surface area contributed by atoms with Crippen molar-refractivity contribution in [3.63, 3.8) is 0 Å². The van der Waals surface area contributed by atoms with Crippen LogP contribution in [-0.2, 0) is 6.42 Å². The topological polar surface area (TPSA) is 73.3 Å². The standard InChI is InChI=1S/C12H11BrClNO3/c13-9-8(14)4-3-7-6(2-1-5-16)11(12(17)18)15-10(7)9/h3-4,15-16H,1-2,5H2,(H,17,18). The number of halogens is 2. The number of aliphatic hydroxyl groups is 1. The zero-order valence-electron chi connectivity index (χ0n) is 9.33. The van der Waals surface area contributed by atoms with Gasteiger partial charge in [0.25, 0.3) is 0 Å². The molecule has 1 aromatic carbocycles. The number of aromatic nitrogens is 1. The molecule has 96 valence electrons. The Balaban J connectivity index is 2.67. The number of rotatable bonds is 4. The lowest BCUT2D eigenvalue weighted by Crippen LogP contribution is -2.02. The Hall–Kier alpha value is -1.04. The van der Waals surface area contributed by atoms with Gasteiger partial charge in [0, 0.05) is 12.0 Å². The van der Waals surface area contributed by atoms with Crippen LogP contribution in [0.15, 0.2) is 16.6 Å². The summed E-state index contributed by atoms with van der Waals surface area (Å²) in [6.45, 7) is 0.0283. The molecule has 0 unspecified atom stereocenters. The number of carboxylic acid groups (broad SMARTS) is 1. The molecule has 0 saturated heterocycles. The fourth-order valence-corrected chi connectivity index (χ4v) is 2.56. The van der Waals surface area contributed by atoms with Crippen LogP contribution < -0.4 is 0 Å². The summed E-state index contributed by atoms with van der Waals surface area (Å²) in [5.41, 5.74) is 1.53. The van der Waals surface area contributed by atoms with Gasteiger partial charge in [-0.1, -0.05) is 17.7 Å². The van der Waals surface area contributed by atoms with Crippen molar-refractivity contribution < 1.29 is 15.0 Å². The quantitative estimate of drug-likeness (QED) is 0.805. The van der Waals surface area contributed by atoms with Crippen LogP contribution in [0, 0.1) is 0 Å². The first-order chi connectivity index (χ1) is 8.56. The maximum Gasteiger partial charge on any atom is 0.352 e. The SMILES string of the molecule is O=C(O)c1[nH]c2c(Br)c(Cl)ccc2c1CCCO. The molecule has 1 aromatic heterocycles. The summed E-state index contributed by atoms with van der Waals surface area (Å²) in [5.74, 6) is -1.01. The van der Waals surface area contributed by atoms with Gasteiger partial charge in [0.05, 0.1) is 15.0 Å². The lowest BCUT2D eigenvalue weighted by Gasteiger charge is -2.01. The van der Waals surface area contributed by atoms with E-state index in [0.29, 0.717) is 33.4 Å². The monoisotopic (exact) mass is 331 g/mol. The van der Waals surface area contributed by atoms with Crippen molar-refractivity contribution in [2.45, 2.75) is 12.8 Å². The van der Waals surface area contributed by atoms with Crippen molar-refractivity contribution in [1.29, 1.82) is 0 Å². The Bertz CT molecular complexity index is 609. The molecule has 0 radical (unpaired) electrons. The summed E-state index contributed by atoms with van der Waals surface area (Å²) in [4.78, 5) is 14.1. The van der Waals surface area contributed by atoms with E-state index in [1.165, 1.54) is 0 Å². The normalized spacial score (nSPS) is 11.1. The van der Waals surface area contributed by atoms with Crippen molar-refractivity contribution in [3.05, 3.63) is 32.9 Å². The molecule has 1 heterocycles. The van der Waals surface area contributed by atoms with Crippen molar-refractivity contribution in [3.8, 4) is 0 Å². The molecule has 0 bridgehead atoms. The molecule has 0 fully saturated rings. The molecule has 2 aromatic rings. The fraction of sp³-hybridized carbons (Fsp3) is 0.250. The lowest BCUT2D eigenvalue weighted by atomic mass is 10.1. The van der Waals surface area contributed by atoms with Crippen molar-refractivity contribution >= 4 is 44.4 Å². The second-order valence-corrected chi connectivity index (χ2v) is 5.09. The van der Waals surface area contributed by atoms with E-state index in [1.807, 2.05) is 0 Å². The van der Waals surface area contributed by atoms with Crippen LogP contribution in [0.5, 0.6) is 0 Å². The number of aryl methyl sites for hydroxylation is 1. The Morgan fingerprint density at radius 3 is 2.78 bits per heavy atom. The molecule has 2 rings (SSSR count). The Morgan fingerprint density at radius 1 is 1.44 bits per heavy atom. The van der Waals surface area contributed by atoms with Crippen LogP contribution in [0.4, 0.5) is 0 Å². The lowest BCUT2D eigenvalue weighted by molar-refractivity contribution is 0.0690. The molecule has 0 amide bonds. The van der Waals surface area contributed by atoms with E-state index < -0.39 is 5.97 Å². The van der Waals surface area contributed by atoms with Crippen molar-refractivity contribution in [1.82, 2.24) is 4.98 Å². The van der Waals surface area contributed by atoms with E-state index in [9.17, 15) is 9.90 Å². The second kappa shape index (κ2) is 5.30. The van der Waals surface area contributed by atoms with E-state index in [1.54, 1.807) is 12.1 Å². The minimum absolute atomic E-state index is 0.0283. The number of carboxylic acids is 1. The van der Waals surface area contributed by atoms with Gasteiger partial charge in [-0.3, -0.25) is 0 Å². The van der Waals surface area contributed by atoms with E-state index in [2.05, 4.69) is 20.9 Å². The van der Waals surface area contributed by atoms with Crippen LogP contribution >= 0.6 is 27.5 Å².